The summed E-state index contributed by atoms with van der Waals surface area (Å²) in [6, 6.07) is 9.57. The number of hydrogen-bond donors (Lipinski definition) is 1. The van der Waals surface area contributed by atoms with Gasteiger partial charge in [0.05, 0.1) is 12.2 Å². The molecule has 3 rings (SSSR count). The van der Waals surface area contributed by atoms with E-state index in [2.05, 4.69) is 27.1 Å². The van der Waals surface area contributed by atoms with Gasteiger partial charge in [-0.25, -0.2) is 9.78 Å². The number of nitrogens with one attached hydrogen (secondary N) is 1. The van der Waals surface area contributed by atoms with Crippen LogP contribution in [0.2, 0.25) is 0 Å². The second-order valence-electron chi connectivity index (χ2n) is 6.42. The van der Waals surface area contributed by atoms with Crippen molar-refractivity contribution in [2.75, 3.05) is 23.4 Å². The number of esters is 1. The van der Waals surface area contributed by atoms with Crippen LogP contribution >= 0.6 is 0 Å². The lowest BCUT2D eigenvalue weighted by atomic mass is 10.0. The molecule has 1 saturated heterocycles. The lowest BCUT2D eigenvalue weighted by Gasteiger charge is -2.35. The van der Waals surface area contributed by atoms with Crippen LogP contribution < -0.4 is 10.2 Å². The maximum Gasteiger partial charge on any atom is 0.338 e. The molecule has 26 heavy (non-hydrogen) atoms. The van der Waals surface area contributed by atoms with Gasteiger partial charge in [-0.2, -0.15) is 4.98 Å². The van der Waals surface area contributed by atoms with Gasteiger partial charge >= 0.3 is 5.97 Å². The van der Waals surface area contributed by atoms with E-state index < -0.39 is 0 Å². The van der Waals surface area contributed by atoms with Gasteiger partial charge in [-0.3, -0.25) is 0 Å². The minimum absolute atomic E-state index is 0.306. The van der Waals surface area contributed by atoms with Crippen molar-refractivity contribution >= 4 is 23.4 Å². The fourth-order valence-electron chi connectivity index (χ4n) is 3.30. The number of aromatic nitrogens is 2. The third kappa shape index (κ3) is 4.31. The first kappa shape index (κ1) is 18.2. The summed E-state index contributed by atoms with van der Waals surface area (Å²) >= 11 is 0. The molecule has 2 aromatic rings. The number of ether oxygens (including phenoxy) is 1. The predicted octanol–water partition coefficient (Wildman–Crippen LogP) is 4.17. The lowest BCUT2D eigenvalue weighted by Crippen LogP contribution is -2.40. The molecule has 0 spiro atoms. The van der Waals surface area contributed by atoms with Crippen LogP contribution in [0.3, 0.4) is 0 Å². The zero-order chi connectivity index (χ0) is 18.4. The molecule has 1 N–H and O–H groups in total. The lowest BCUT2D eigenvalue weighted by molar-refractivity contribution is 0.0526. The molecule has 138 valence electrons. The van der Waals surface area contributed by atoms with Gasteiger partial charge in [0.25, 0.3) is 0 Å². The molecule has 1 atom stereocenters. The zero-order valence-corrected chi connectivity index (χ0v) is 15.4. The molecule has 1 aromatic carbocycles. The highest BCUT2D eigenvalue weighted by atomic mass is 16.5. The number of rotatable bonds is 6. The summed E-state index contributed by atoms with van der Waals surface area (Å²) in [4.78, 5) is 23.2. The summed E-state index contributed by atoms with van der Waals surface area (Å²) < 4.78 is 5.00. The number of hydrogen-bond acceptors (Lipinski definition) is 6. The molecule has 1 aliphatic rings. The normalized spacial score (nSPS) is 17.0. The molecule has 0 radical (unpaired) electrons. The molecular formula is C20H26N4O2. The van der Waals surface area contributed by atoms with Gasteiger partial charge in [0, 0.05) is 24.5 Å². The average Bonchev–Trinajstić information content (AvgIpc) is 2.69. The number of carbonyl (C=O) groups is 1. The van der Waals surface area contributed by atoms with Gasteiger partial charge in [-0.05, 0) is 62.9 Å². The van der Waals surface area contributed by atoms with Crippen molar-refractivity contribution in [2.24, 2.45) is 0 Å². The summed E-state index contributed by atoms with van der Waals surface area (Å²) in [5.74, 6) is 1.23. The Balaban J connectivity index is 1.71. The van der Waals surface area contributed by atoms with Crippen molar-refractivity contribution in [1.82, 2.24) is 9.97 Å². The smallest absolute Gasteiger partial charge is 0.338 e. The maximum atomic E-state index is 11.7. The average molecular weight is 354 g/mol. The quantitative estimate of drug-likeness (QED) is 0.786. The Kier molecular flexibility index (Phi) is 6.04. The molecule has 0 bridgehead atoms. The van der Waals surface area contributed by atoms with E-state index in [1.807, 2.05) is 18.2 Å². The second kappa shape index (κ2) is 8.65. The topological polar surface area (TPSA) is 67.3 Å². The van der Waals surface area contributed by atoms with Gasteiger partial charge in [0.1, 0.15) is 5.82 Å². The molecule has 0 aliphatic carbocycles. The van der Waals surface area contributed by atoms with Crippen LogP contribution in [-0.2, 0) is 4.74 Å². The third-order valence-corrected chi connectivity index (χ3v) is 4.67. The molecule has 0 saturated carbocycles. The highest BCUT2D eigenvalue weighted by Gasteiger charge is 2.23. The zero-order valence-electron chi connectivity index (χ0n) is 15.4. The molecule has 1 aliphatic heterocycles. The van der Waals surface area contributed by atoms with Crippen LogP contribution in [0, 0.1) is 0 Å². The maximum absolute atomic E-state index is 11.7. The molecule has 1 aromatic heterocycles. The van der Waals surface area contributed by atoms with E-state index in [9.17, 15) is 4.79 Å². The van der Waals surface area contributed by atoms with Crippen LogP contribution in [0.15, 0.2) is 36.5 Å². The van der Waals surface area contributed by atoms with Crippen LogP contribution in [0.5, 0.6) is 0 Å². The largest absolute Gasteiger partial charge is 0.462 e. The number of anilines is 3. The summed E-state index contributed by atoms with van der Waals surface area (Å²) in [6.45, 7) is 5.40. The Labute approximate surface area is 154 Å². The molecule has 0 amide bonds. The molecule has 1 unspecified atom stereocenters. The number of nitrogens with zero attached hydrogens (tertiary/aromatic N) is 3. The number of benzene rings is 1. The van der Waals surface area contributed by atoms with Gasteiger partial charge in [0.2, 0.25) is 5.95 Å². The van der Waals surface area contributed by atoms with Gasteiger partial charge in [-0.1, -0.05) is 6.92 Å². The minimum Gasteiger partial charge on any atom is -0.462 e. The van der Waals surface area contributed by atoms with Crippen molar-refractivity contribution in [1.29, 1.82) is 0 Å². The molecule has 6 nitrogen and oxygen atoms in total. The van der Waals surface area contributed by atoms with Crippen molar-refractivity contribution in [3.63, 3.8) is 0 Å². The Morgan fingerprint density at radius 3 is 2.77 bits per heavy atom. The summed E-state index contributed by atoms with van der Waals surface area (Å²) in [5, 5.41) is 3.28. The van der Waals surface area contributed by atoms with Gasteiger partial charge in [0.15, 0.2) is 0 Å². The van der Waals surface area contributed by atoms with Crippen LogP contribution in [0.25, 0.3) is 0 Å². The summed E-state index contributed by atoms with van der Waals surface area (Å²) in [5.41, 5.74) is 1.41. The molecule has 1 fully saturated rings. The Morgan fingerprint density at radius 2 is 2.04 bits per heavy atom. The molecular weight excluding hydrogens is 328 g/mol. The Bertz CT molecular complexity index is 733. The highest BCUT2D eigenvalue weighted by molar-refractivity contribution is 5.89. The summed E-state index contributed by atoms with van der Waals surface area (Å²) in [7, 11) is 0. The van der Waals surface area contributed by atoms with Crippen molar-refractivity contribution in [2.45, 2.75) is 45.6 Å². The van der Waals surface area contributed by atoms with Crippen molar-refractivity contribution in [3.05, 3.63) is 42.1 Å². The number of piperidine rings is 1. The van der Waals surface area contributed by atoms with E-state index in [1.54, 1.807) is 25.3 Å². The molecule has 6 heteroatoms. The van der Waals surface area contributed by atoms with E-state index in [0.29, 0.717) is 18.2 Å². The number of carbonyl (C=O) groups excluding carboxylic acids is 1. The summed E-state index contributed by atoms with van der Waals surface area (Å²) in [6.07, 6.45) is 6.56. The van der Waals surface area contributed by atoms with E-state index in [1.165, 1.54) is 19.3 Å². The third-order valence-electron chi connectivity index (χ3n) is 4.67. The van der Waals surface area contributed by atoms with Crippen molar-refractivity contribution < 1.29 is 9.53 Å². The first-order valence-corrected chi connectivity index (χ1v) is 9.35. The standard InChI is InChI=1S/C20H26N4O2/c1-3-17-7-5-6-14-24(17)20-21-13-12-18(23-20)22-16-10-8-15(9-11-16)19(25)26-4-2/h8-13,17H,3-7,14H2,1-2H3,(H,21,22,23). The van der Waals surface area contributed by atoms with Gasteiger partial charge < -0.3 is 15.0 Å². The van der Waals surface area contributed by atoms with Crippen molar-refractivity contribution in [3.8, 4) is 0 Å². The van der Waals surface area contributed by atoms with E-state index in [4.69, 9.17) is 4.74 Å². The molecule has 2 heterocycles. The first-order chi connectivity index (χ1) is 12.7. The van der Waals surface area contributed by atoms with Gasteiger partial charge in [-0.15, -0.1) is 0 Å². The predicted molar refractivity (Wildman–Crippen MR) is 103 cm³/mol. The minimum atomic E-state index is -0.306. The SMILES string of the molecule is CCOC(=O)c1ccc(Nc2ccnc(N3CCCCC3CC)n2)cc1. The highest BCUT2D eigenvalue weighted by Crippen LogP contribution is 2.25. The monoisotopic (exact) mass is 354 g/mol. The fourth-order valence-corrected chi connectivity index (χ4v) is 3.30. The van der Waals surface area contributed by atoms with Crippen LogP contribution in [0.4, 0.5) is 17.5 Å². The fraction of sp³-hybridized carbons (Fsp3) is 0.450. The van der Waals surface area contributed by atoms with Crippen LogP contribution in [0.1, 0.15) is 49.9 Å². The Morgan fingerprint density at radius 1 is 1.23 bits per heavy atom. The van der Waals surface area contributed by atoms with Crippen LogP contribution in [-0.4, -0.2) is 35.1 Å². The first-order valence-electron chi connectivity index (χ1n) is 9.35. The van der Waals surface area contributed by atoms with E-state index in [0.717, 1.165) is 30.4 Å². The van der Waals surface area contributed by atoms with E-state index >= 15 is 0 Å². The Hall–Kier alpha value is -2.63. The van der Waals surface area contributed by atoms with E-state index in [-0.39, 0.29) is 5.97 Å². The second-order valence-corrected chi connectivity index (χ2v) is 6.42.